The quantitative estimate of drug-likeness (QED) is 0.802. The molecule has 1 aromatic carbocycles. The van der Waals surface area contributed by atoms with Gasteiger partial charge in [-0.05, 0) is 24.6 Å². The topological polar surface area (TPSA) is 58.6 Å². The van der Waals surface area contributed by atoms with Gasteiger partial charge in [-0.25, -0.2) is 0 Å². The zero-order valence-electron chi connectivity index (χ0n) is 13.2. The van der Waals surface area contributed by atoms with Crippen molar-refractivity contribution in [3.05, 3.63) is 29.8 Å². The van der Waals surface area contributed by atoms with Crippen LogP contribution in [0.4, 0.5) is 13.2 Å². The summed E-state index contributed by atoms with van der Waals surface area (Å²) in [6.45, 7) is 0.867. The van der Waals surface area contributed by atoms with Crippen LogP contribution in [0.3, 0.4) is 0 Å². The third-order valence-corrected chi connectivity index (χ3v) is 3.61. The number of carbonyl (C=O) groups is 2. The van der Waals surface area contributed by atoms with Crippen LogP contribution in [0.2, 0.25) is 0 Å². The van der Waals surface area contributed by atoms with Crippen LogP contribution in [-0.4, -0.2) is 49.1 Å². The number of nitrogens with one attached hydrogen (secondary N) is 1. The van der Waals surface area contributed by atoms with E-state index in [4.69, 9.17) is 4.74 Å². The van der Waals surface area contributed by atoms with Gasteiger partial charge in [0.1, 0.15) is 18.9 Å². The standard InChI is InChI=1S/C16H19F3N2O3/c1-11-3-2-4-13(7-11)24-6-5-20-15(23)12-8-14(22)21(9-12)10-16(17,18)19/h2-4,7,12H,5-6,8-10H2,1H3,(H,20,23)/t12-/m1/s1. The van der Waals surface area contributed by atoms with Gasteiger partial charge in [0.05, 0.1) is 12.5 Å². The molecule has 1 atom stereocenters. The van der Waals surface area contributed by atoms with Crippen molar-refractivity contribution in [2.75, 3.05) is 26.2 Å². The lowest BCUT2D eigenvalue weighted by atomic mass is 10.1. The molecule has 0 aromatic heterocycles. The van der Waals surface area contributed by atoms with Gasteiger partial charge in [-0.3, -0.25) is 9.59 Å². The first kappa shape index (κ1) is 18.1. The maximum absolute atomic E-state index is 12.3. The lowest BCUT2D eigenvalue weighted by Gasteiger charge is -2.18. The maximum Gasteiger partial charge on any atom is 0.406 e. The van der Waals surface area contributed by atoms with Crippen molar-refractivity contribution in [1.82, 2.24) is 10.2 Å². The molecule has 1 aromatic rings. The first-order valence-electron chi connectivity index (χ1n) is 7.56. The van der Waals surface area contributed by atoms with E-state index in [-0.39, 0.29) is 26.1 Å². The number of alkyl halides is 3. The summed E-state index contributed by atoms with van der Waals surface area (Å²) in [7, 11) is 0. The van der Waals surface area contributed by atoms with E-state index in [1.807, 2.05) is 25.1 Å². The molecule has 8 heteroatoms. The van der Waals surface area contributed by atoms with Gasteiger partial charge in [0, 0.05) is 13.0 Å². The van der Waals surface area contributed by atoms with Gasteiger partial charge >= 0.3 is 6.18 Å². The molecule has 0 saturated carbocycles. The van der Waals surface area contributed by atoms with E-state index in [0.717, 1.165) is 5.56 Å². The zero-order valence-corrected chi connectivity index (χ0v) is 13.2. The summed E-state index contributed by atoms with van der Waals surface area (Å²) in [4.78, 5) is 24.1. The maximum atomic E-state index is 12.3. The number of hydrogen-bond acceptors (Lipinski definition) is 3. The number of benzene rings is 1. The Kier molecular flexibility index (Phi) is 5.69. The molecule has 0 radical (unpaired) electrons. The highest BCUT2D eigenvalue weighted by Gasteiger charge is 2.40. The van der Waals surface area contributed by atoms with Crippen molar-refractivity contribution >= 4 is 11.8 Å². The van der Waals surface area contributed by atoms with Crippen molar-refractivity contribution in [2.45, 2.75) is 19.5 Å². The fourth-order valence-corrected chi connectivity index (χ4v) is 2.51. The first-order chi connectivity index (χ1) is 11.2. The number of carbonyl (C=O) groups excluding carboxylic acids is 2. The molecule has 1 N–H and O–H groups in total. The molecule has 0 spiro atoms. The van der Waals surface area contributed by atoms with Crippen LogP contribution in [0.25, 0.3) is 0 Å². The smallest absolute Gasteiger partial charge is 0.406 e. The number of hydrogen-bond donors (Lipinski definition) is 1. The largest absolute Gasteiger partial charge is 0.492 e. The van der Waals surface area contributed by atoms with E-state index < -0.39 is 30.5 Å². The van der Waals surface area contributed by atoms with Gasteiger partial charge in [0.2, 0.25) is 11.8 Å². The highest BCUT2D eigenvalue weighted by atomic mass is 19.4. The summed E-state index contributed by atoms with van der Waals surface area (Å²) in [5.41, 5.74) is 1.05. The minimum atomic E-state index is -4.46. The van der Waals surface area contributed by atoms with Gasteiger partial charge in [0.15, 0.2) is 0 Å². The second-order valence-corrected chi connectivity index (χ2v) is 5.75. The summed E-state index contributed by atoms with van der Waals surface area (Å²) < 4.78 is 42.5. The van der Waals surface area contributed by atoms with Crippen LogP contribution in [0.5, 0.6) is 5.75 Å². The van der Waals surface area contributed by atoms with E-state index in [0.29, 0.717) is 10.6 Å². The van der Waals surface area contributed by atoms with E-state index in [2.05, 4.69) is 5.32 Å². The molecule has 1 aliphatic heterocycles. The average molecular weight is 344 g/mol. The molecule has 0 bridgehead atoms. The SMILES string of the molecule is Cc1cccc(OCCNC(=O)[C@@H]2CC(=O)N(CC(F)(F)F)C2)c1. The number of amides is 2. The fourth-order valence-electron chi connectivity index (χ4n) is 2.51. The fraction of sp³-hybridized carbons (Fsp3) is 0.500. The van der Waals surface area contributed by atoms with Crippen LogP contribution >= 0.6 is 0 Å². The molecule has 0 aliphatic carbocycles. The summed E-state index contributed by atoms with van der Waals surface area (Å²) >= 11 is 0. The Hall–Kier alpha value is -2.25. The first-order valence-corrected chi connectivity index (χ1v) is 7.56. The molecule has 2 rings (SSSR count). The highest BCUT2D eigenvalue weighted by Crippen LogP contribution is 2.23. The third kappa shape index (κ3) is 5.43. The van der Waals surface area contributed by atoms with Crippen LogP contribution < -0.4 is 10.1 Å². The Bertz CT molecular complexity index is 604. The van der Waals surface area contributed by atoms with Crippen molar-refractivity contribution in [1.29, 1.82) is 0 Å². The summed E-state index contributed by atoms with van der Waals surface area (Å²) in [5, 5.41) is 2.59. The van der Waals surface area contributed by atoms with E-state index >= 15 is 0 Å². The van der Waals surface area contributed by atoms with Crippen LogP contribution in [-0.2, 0) is 9.59 Å². The normalized spacial score (nSPS) is 17.9. The Labute approximate surface area is 137 Å². The molecular weight excluding hydrogens is 325 g/mol. The number of halogens is 3. The van der Waals surface area contributed by atoms with Crippen molar-refractivity contribution in [3.63, 3.8) is 0 Å². The number of rotatable bonds is 6. The van der Waals surface area contributed by atoms with Gasteiger partial charge in [-0.15, -0.1) is 0 Å². The van der Waals surface area contributed by atoms with Gasteiger partial charge in [-0.1, -0.05) is 12.1 Å². The van der Waals surface area contributed by atoms with Crippen LogP contribution in [0.15, 0.2) is 24.3 Å². The Balaban J connectivity index is 1.72. The third-order valence-electron chi connectivity index (χ3n) is 3.61. The van der Waals surface area contributed by atoms with Gasteiger partial charge in [0.25, 0.3) is 0 Å². The van der Waals surface area contributed by atoms with Crippen molar-refractivity contribution in [3.8, 4) is 5.75 Å². The summed E-state index contributed by atoms with van der Waals surface area (Å²) in [6, 6.07) is 7.42. The average Bonchev–Trinajstić information content (AvgIpc) is 2.83. The number of ether oxygens (including phenoxy) is 1. The van der Waals surface area contributed by atoms with Crippen LogP contribution in [0.1, 0.15) is 12.0 Å². The molecule has 1 saturated heterocycles. The number of likely N-dealkylation sites (tertiary alicyclic amines) is 1. The monoisotopic (exact) mass is 344 g/mol. The number of nitrogens with zero attached hydrogens (tertiary/aromatic N) is 1. The second-order valence-electron chi connectivity index (χ2n) is 5.75. The molecule has 2 amide bonds. The summed E-state index contributed by atoms with van der Waals surface area (Å²) in [5.74, 6) is -1.15. The van der Waals surface area contributed by atoms with Crippen LogP contribution in [0, 0.1) is 12.8 Å². The van der Waals surface area contributed by atoms with Gasteiger partial charge in [-0.2, -0.15) is 13.2 Å². The zero-order chi connectivity index (χ0) is 17.7. The lowest BCUT2D eigenvalue weighted by molar-refractivity contribution is -0.157. The number of aryl methyl sites for hydroxylation is 1. The second kappa shape index (κ2) is 7.55. The molecule has 24 heavy (non-hydrogen) atoms. The highest BCUT2D eigenvalue weighted by molar-refractivity contribution is 5.89. The molecule has 1 fully saturated rings. The Morgan fingerprint density at radius 2 is 2.17 bits per heavy atom. The predicted molar refractivity (Wildman–Crippen MR) is 80.4 cm³/mol. The molecule has 1 aliphatic rings. The van der Waals surface area contributed by atoms with Crippen molar-refractivity contribution < 1.29 is 27.5 Å². The van der Waals surface area contributed by atoms with E-state index in [1.165, 1.54) is 0 Å². The molecular formula is C16H19F3N2O3. The molecule has 5 nitrogen and oxygen atoms in total. The molecule has 132 valence electrons. The predicted octanol–water partition coefficient (Wildman–Crippen LogP) is 1.90. The summed E-state index contributed by atoms with van der Waals surface area (Å²) in [6.07, 6.45) is -4.65. The molecule has 0 unspecified atom stereocenters. The Morgan fingerprint density at radius 3 is 2.83 bits per heavy atom. The molecule has 1 heterocycles. The minimum absolute atomic E-state index is 0.194. The Morgan fingerprint density at radius 1 is 1.42 bits per heavy atom. The minimum Gasteiger partial charge on any atom is -0.492 e. The van der Waals surface area contributed by atoms with E-state index in [1.54, 1.807) is 6.07 Å². The lowest BCUT2D eigenvalue weighted by Crippen LogP contribution is -2.38. The van der Waals surface area contributed by atoms with E-state index in [9.17, 15) is 22.8 Å². The van der Waals surface area contributed by atoms with Gasteiger partial charge < -0.3 is 15.0 Å². The van der Waals surface area contributed by atoms with Crippen molar-refractivity contribution in [2.24, 2.45) is 5.92 Å².